The molecular formula is C25H24FNO4. The first-order valence-electron chi connectivity index (χ1n) is 9.91. The number of halogens is 1. The Balaban J connectivity index is 1.63. The third-order valence-corrected chi connectivity index (χ3v) is 4.66. The van der Waals surface area contributed by atoms with Gasteiger partial charge in [0.1, 0.15) is 24.2 Å². The van der Waals surface area contributed by atoms with Crippen molar-refractivity contribution in [2.45, 2.75) is 25.5 Å². The summed E-state index contributed by atoms with van der Waals surface area (Å²) in [6.07, 6.45) is 0.204. The van der Waals surface area contributed by atoms with Gasteiger partial charge in [-0.15, -0.1) is 0 Å². The van der Waals surface area contributed by atoms with Crippen LogP contribution in [-0.2, 0) is 33.8 Å². The number of esters is 1. The van der Waals surface area contributed by atoms with Crippen LogP contribution in [0.25, 0.3) is 0 Å². The zero-order valence-corrected chi connectivity index (χ0v) is 17.2. The van der Waals surface area contributed by atoms with Crippen molar-refractivity contribution in [3.8, 4) is 5.75 Å². The summed E-state index contributed by atoms with van der Waals surface area (Å²) < 4.78 is 24.0. The Hall–Kier alpha value is -3.67. The standard InChI is InChI=1S/C25H24FNO4/c1-30-25(29)23(27-24(28)16-19-9-5-11-21(26)13-19)15-20-10-6-12-22(14-20)31-17-18-7-3-2-4-8-18/h2-14,23H,15-17H2,1H3,(H,27,28)/t23-/m0/s1. The lowest BCUT2D eigenvalue weighted by molar-refractivity contribution is -0.145. The summed E-state index contributed by atoms with van der Waals surface area (Å²) in [5.74, 6) is -0.695. The van der Waals surface area contributed by atoms with Gasteiger partial charge in [-0.25, -0.2) is 9.18 Å². The van der Waals surface area contributed by atoms with Gasteiger partial charge in [-0.2, -0.15) is 0 Å². The van der Waals surface area contributed by atoms with Crippen LogP contribution in [-0.4, -0.2) is 25.0 Å². The molecule has 3 rings (SSSR count). The van der Waals surface area contributed by atoms with Crippen LogP contribution in [0, 0.1) is 5.82 Å². The predicted molar refractivity (Wildman–Crippen MR) is 115 cm³/mol. The summed E-state index contributed by atoms with van der Waals surface area (Å²) >= 11 is 0. The molecule has 1 amide bonds. The molecule has 0 saturated carbocycles. The average molecular weight is 421 g/mol. The third-order valence-electron chi connectivity index (χ3n) is 4.66. The second-order valence-corrected chi connectivity index (χ2v) is 7.08. The lowest BCUT2D eigenvalue weighted by Gasteiger charge is -2.17. The van der Waals surface area contributed by atoms with Crippen LogP contribution in [0.4, 0.5) is 4.39 Å². The Kier molecular flexibility index (Phi) is 7.76. The second-order valence-electron chi connectivity index (χ2n) is 7.08. The lowest BCUT2D eigenvalue weighted by atomic mass is 10.0. The van der Waals surface area contributed by atoms with Gasteiger partial charge in [-0.3, -0.25) is 4.79 Å². The minimum atomic E-state index is -0.865. The van der Waals surface area contributed by atoms with Gasteiger partial charge in [0.2, 0.25) is 5.91 Å². The van der Waals surface area contributed by atoms with Gasteiger partial charge >= 0.3 is 5.97 Å². The minimum absolute atomic E-state index is 0.0362. The number of hydrogen-bond donors (Lipinski definition) is 1. The van der Waals surface area contributed by atoms with Crippen molar-refractivity contribution in [1.82, 2.24) is 5.32 Å². The van der Waals surface area contributed by atoms with E-state index >= 15 is 0 Å². The Labute approximate surface area is 180 Å². The van der Waals surface area contributed by atoms with Crippen LogP contribution >= 0.6 is 0 Å². The molecule has 5 nitrogen and oxygen atoms in total. The van der Waals surface area contributed by atoms with Crippen LogP contribution in [0.2, 0.25) is 0 Å². The SMILES string of the molecule is COC(=O)[C@H](Cc1cccc(OCc2ccccc2)c1)NC(=O)Cc1cccc(F)c1. The monoisotopic (exact) mass is 421 g/mol. The van der Waals surface area contributed by atoms with Crippen LogP contribution in [0.1, 0.15) is 16.7 Å². The van der Waals surface area contributed by atoms with Crippen molar-refractivity contribution < 1.29 is 23.5 Å². The predicted octanol–water partition coefficient (Wildman–Crippen LogP) is 3.85. The molecule has 1 N–H and O–H groups in total. The zero-order chi connectivity index (χ0) is 22.1. The van der Waals surface area contributed by atoms with Gasteiger partial charge < -0.3 is 14.8 Å². The molecule has 6 heteroatoms. The molecule has 3 aromatic rings. The number of carbonyl (C=O) groups is 2. The highest BCUT2D eigenvalue weighted by molar-refractivity contribution is 5.85. The van der Waals surface area contributed by atoms with Gasteiger partial charge in [0, 0.05) is 6.42 Å². The highest BCUT2D eigenvalue weighted by Gasteiger charge is 2.22. The number of rotatable bonds is 9. The fourth-order valence-corrected chi connectivity index (χ4v) is 3.15. The van der Waals surface area contributed by atoms with Crippen LogP contribution in [0.3, 0.4) is 0 Å². The average Bonchev–Trinajstić information content (AvgIpc) is 2.77. The summed E-state index contributed by atoms with van der Waals surface area (Å²) in [7, 11) is 1.27. The molecule has 0 fully saturated rings. The molecule has 31 heavy (non-hydrogen) atoms. The number of benzene rings is 3. The Morgan fingerprint density at radius 2 is 1.61 bits per heavy atom. The summed E-state index contributed by atoms with van der Waals surface area (Å²) in [5.41, 5.74) is 2.38. The lowest BCUT2D eigenvalue weighted by Crippen LogP contribution is -2.43. The number of amides is 1. The van der Waals surface area contributed by atoms with Gasteiger partial charge in [0.15, 0.2) is 0 Å². The Bertz CT molecular complexity index is 1020. The molecule has 1 atom stereocenters. The van der Waals surface area contributed by atoms with E-state index in [1.54, 1.807) is 6.07 Å². The topological polar surface area (TPSA) is 64.6 Å². The first-order chi connectivity index (χ1) is 15.0. The van der Waals surface area contributed by atoms with E-state index in [4.69, 9.17) is 9.47 Å². The van der Waals surface area contributed by atoms with Crippen LogP contribution in [0.15, 0.2) is 78.9 Å². The van der Waals surface area contributed by atoms with E-state index in [0.717, 1.165) is 11.1 Å². The maximum atomic E-state index is 13.3. The fraction of sp³-hybridized carbons (Fsp3) is 0.200. The largest absolute Gasteiger partial charge is 0.489 e. The molecule has 0 unspecified atom stereocenters. The molecule has 0 aliphatic rings. The van der Waals surface area contributed by atoms with Crippen LogP contribution < -0.4 is 10.1 Å². The second kappa shape index (κ2) is 10.9. The molecule has 0 spiro atoms. The number of nitrogens with one attached hydrogen (secondary N) is 1. The van der Waals surface area contributed by atoms with Crippen molar-refractivity contribution in [2.24, 2.45) is 0 Å². The molecular weight excluding hydrogens is 397 g/mol. The van der Waals surface area contributed by atoms with Crippen molar-refractivity contribution >= 4 is 11.9 Å². The number of methoxy groups -OCH3 is 1. The first kappa shape index (κ1) is 22.0. The Morgan fingerprint density at radius 1 is 0.903 bits per heavy atom. The van der Waals surface area contributed by atoms with E-state index in [1.165, 1.54) is 25.3 Å². The molecule has 0 saturated heterocycles. The quantitative estimate of drug-likeness (QED) is 0.533. The van der Waals surface area contributed by atoms with Crippen molar-refractivity contribution in [3.63, 3.8) is 0 Å². The van der Waals surface area contributed by atoms with Crippen molar-refractivity contribution in [1.29, 1.82) is 0 Å². The summed E-state index contributed by atoms with van der Waals surface area (Å²) in [6, 6.07) is 22.1. The third kappa shape index (κ3) is 6.96. The normalized spacial score (nSPS) is 11.4. The van der Waals surface area contributed by atoms with Gasteiger partial charge in [-0.1, -0.05) is 54.6 Å². The van der Waals surface area contributed by atoms with Gasteiger partial charge in [0.25, 0.3) is 0 Å². The highest BCUT2D eigenvalue weighted by Crippen LogP contribution is 2.17. The maximum Gasteiger partial charge on any atom is 0.328 e. The molecule has 0 aliphatic heterocycles. The van der Waals surface area contributed by atoms with Gasteiger partial charge in [0.05, 0.1) is 13.5 Å². The van der Waals surface area contributed by atoms with E-state index in [2.05, 4.69) is 5.32 Å². The molecule has 0 aliphatic carbocycles. The molecule has 160 valence electrons. The minimum Gasteiger partial charge on any atom is -0.489 e. The highest BCUT2D eigenvalue weighted by atomic mass is 19.1. The summed E-state index contributed by atoms with van der Waals surface area (Å²) in [4.78, 5) is 24.6. The summed E-state index contributed by atoms with van der Waals surface area (Å²) in [6.45, 7) is 0.426. The number of ether oxygens (including phenoxy) is 2. The van der Waals surface area contributed by atoms with Crippen LogP contribution in [0.5, 0.6) is 5.75 Å². The fourth-order valence-electron chi connectivity index (χ4n) is 3.15. The summed E-state index contributed by atoms with van der Waals surface area (Å²) in [5, 5.41) is 2.68. The van der Waals surface area contributed by atoms with E-state index in [-0.39, 0.29) is 12.8 Å². The van der Waals surface area contributed by atoms with E-state index in [1.807, 2.05) is 54.6 Å². The molecule has 0 bridgehead atoms. The van der Waals surface area contributed by atoms with E-state index in [0.29, 0.717) is 17.9 Å². The van der Waals surface area contributed by atoms with E-state index < -0.39 is 23.7 Å². The molecule has 0 heterocycles. The molecule has 3 aromatic carbocycles. The maximum absolute atomic E-state index is 13.3. The Morgan fingerprint density at radius 3 is 2.35 bits per heavy atom. The number of hydrogen-bond acceptors (Lipinski definition) is 4. The van der Waals surface area contributed by atoms with Crippen molar-refractivity contribution in [3.05, 3.63) is 101 Å². The van der Waals surface area contributed by atoms with E-state index in [9.17, 15) is 14.0 Å². The number of carbonyl (C=O) groups excluding carboxylic acids is 2. The smallest absolute Gasteiger partial charge is 0.328 e. The van der Waals surface area contributed by atoms with Crippen molar-refractivity contribution in [2.75, 3.05) is 7.11 Å². The molecule has 0 radical (unpaired) electrons. The first-order valence-corrected chi connectivity index (χ1v) is 9.91. The zero-order valence-electron chi connectivity index (χ0n) is 17.2. The van der Waals surface area contributed by atoms with Gasteiger partial charge in [-0.05, 0) is 41.0 Å². The molecule has 0 aromatic heterocycles.